The number of tetrazole rings is 1. The van der Waals surface area contributed by atoms with Crippen LogP contribution >= 0.6 is 0 Å². The van der Waals surface area contributed by atoms with Crippen molar-refractivity contribution in [3.63, 3.8) is 0 Å². The van der Waals surface area contributed by atoms with Gasteiger partial charge in [-0.3, -0.25) is 4.79 Å². The van der Waals surface area contributed by atoms with E-state index in [1.165, 1.54) is 0 Å². The molecule has 0 bridgehead atoms. The van der Waals surface area contributed by atoms with E-state index in [-0.39, 0.29) is 18.6 Å². The Bertz CT molecular complexity index is 452. The van der Waals surface area contributed by atoms with E-state index >= 15 is 0 Å². The molecule has 1 saturated carbocycles. The molecule has 19 heavy (non-hydrogen) atoms. The molecule has 1 saturated heterocycles. The van der Waals surface area contributed by atoms with Gasteiger partial charge in [-0.05, 0) is 48.4 Å². The van der Waals surface area contributed by atoms with Crippen molar-refractivity contribution < 1.29 is 14.6 Å². The zero-order chi connectivity index (χ0) is 13.2. The Balaban J connectivity index is 1.82. The number of nitrogens with zero attached hydrogens (tertiary/aromatic N) is 4. The fourth-order valence-electron chi connectivity index (χ4n) is 2.71. The first kappa shape index (κ1) is 12.5. The molecule has 0 amide bonds. The number of aromatic nitrogens is 4. The Morgan fingerprint density at radius 1 is 1.42 bits per heavy atom. The fraction of sp³-hybridized carbons (Fsp3) is 0.833. The van der Waals surface area contributed by atoms with Crippen LogP contribution in [0, 0.1) is 5.92 Å². The molecule has 0 spiro atoms. The van der Waals surface area contributed by atoms with E-state index in [9.17, 15) is 4.79 Å². The molecule has 2 aliphatic rings. The highest BCUT2D eigenvalue weighted by molar-refractivity contribution is 5.67. The molecule has 104 valence electrons. The second kappa shape index (κ2) is 5.24. The summed E-state index contributed by atoms with van der Waals surface area (Å²) in [5.41, 5.74) is 0. The van der Waals surface area contributed by atoms with Gasteiger partial charge in [0.05, 0.1) is 12.5 Å². The van der Waals surface area contributed by atoms with Gasteiger partial charge in [-0.15, -0.1) is 5.10 Å². The minimum Gasteiger partial charge on any atom is -0.481 e. The van der Waals surface area contributed by atoms with Crippen molar-refractivity contribution in [3.05, 3.63) is 5.82 Å². The van der Waals surface area contributed by atoms with Gasteiger partial charge < -0.3 is 9.84 Å². The third-order valence-corrected chi connectivity index (χ3v) is 3.85. The summed E-state index contributed by atoms with van der Waals surface area (Å²) in [7, 11) is 0. The highest BCUT2D eigenvalue weighted by Crippen LogP contribution is 2.42. The Labute approximate surface area is 110 Å². The van der Waals surface area contributed by atoms with Crippen molar-refractivity contribution in [3.8, 4) is 0 Å². The molecule has 2 atom stereocenters. The SMILES string of the molecule is O=C(O)CC(C1CC1)n1nnnc1C1CCCCO1. The maximum absolute atomic E-state index is 11.0. The van der Waals surface area contributed by atoms with E-state index in [1.807, 2.05) is 0 Å². The first-order chi connectivity index (χ1) is 9.25. The minimum atomic E-state index is -0.803. The summed E-state index contributed by atoms with van der Waals surface area (Å²) in [5.74, 6) is 0.280. The average molecular weight is 266 g/mol. The van der Waals surface area contributed by atoms with Crippen LogP contribution in [0.15, 0.2) is 0 Å². The molecule has 2 heterocycles. The lowest BCUT2D eigenvalue weighted by atomic mass is 10.1. The van der Waals surface area contributed by atoms with Crippen molar-refractivity contribution in [2.24, 2.45) is 5.92 Å². The highest BCUT2D eigenvalue weighted by Gasteiger charge is 2.37. The summed E-state index contributed by atoms with van der Waals surface area (Å²) in [6.45, 7) is 0.727. The van der Waals surface area contributed by atoms with Gasteiger partial charge in [0, 0.05) is 6.61 Å². The van der Waals surface area contributed by atoms with Crippen LogP contribution < -0.4 is 0 Å². The van der Waals surface area contributed by atoms with Crippen molar-refractivity contribution in [1.29, 1.82) is 0 Å². The predicted molar refractivity (Wildman–Crippen MR) is 64.4 cm³/mol. The molecule has 7 nitrogen and oxygen atoms in total. The molecule has 0 radical (unpaired) electrons. The van der Waals surface area contributed by atoms with Crippen molar-refractivity contribution >= 4 is 5.97 Å². The number of carboxylic acids is 1. The topological polar surface area (TPSA) is 90.1 Å². The first-order valence-electron chi connectivity index (χ1n) is 6.87. The molecule has 1 aliphatic carbocycles. The predicted octanol–water partition coefficient (Wildman–Crippen LogP) is 1.34. The van der Waals surface area contributed by atoms with Crippen LogP contribution in [0.3, 0.4) is 0 Å². The number of ether oxygens (including phenoxy) is 1. The Morgan fingerprint density at radius 2 is 2.26 bits per heavy atom. The van der Waals surface area contributed by atoms with Crippen LogP contribution in [0.25, 0.3) is 0 Å². The van der Waals surface area contributed by atoms with Gasteiger partial charge >= 0.3 is 5.97 Å². The summed E-state index contributed by atoms with van der Waals surface area (Å²) in [6.07, 6.45) is 5.19. The van der Waals surface area contributed by atoms with Crippen LogP contribution in [0.4, 0.5) is 0 Å². The van der Waals surface area contributed by atoms with Crippen LogP contribution in [0.5, 0.6) is 0 Å². The Kier molecular flexibility index (Phi) is 3.46. The van der Waals surface area contributed by atoms with E-state index < -0.39 is 5.97 Å². The van der Waals surface area contributed by atoms with Gasteiger partial charge in [0.1, 0.15) is 6.10 Å². The van der Waals surface area contributed by atoms with Gasteiger partial charge in [-0.2, -0.15) is 0 Å². The zero-order valence-corrected chi connectivity index (χ0v) is 10.7. The van der Waals surface area contributed by atoms with E-state index in [0.717, 1.165) is 38.7 Å². The van der Waals surface area contributed by atoms with Crippen LogP contribution in [0.1, 0.15) is 56.5 Å². The maximum atomic E-state index is 11.0. The normalized spacial score (nSPS) is 25.2. The Morgan fingerprint density at radius 3 is 2.89 bits per heavy atom. The number of carboxylic acid groups (broad SMARTS) is 1. The molecule has 1 N–H and O–H groups in total. The van der Waals surface area contributed by atoms with E-state index in [1.54, 1.807) is 4.68 Å². The van der Waals surface area contributed by atoms with Crippen LogP contribution in [-0.4, -0.2) is 37.9 Å². The number of hydrogen-bond donors (Lipinski definition) is 1. The van der Waals surface area contributed by atoms with Gasteiger partial charge in [0.25, 0.3) is 0 Å². The number of carbonyl (C=O) groups is 1. The molecular formula is C12H18N4O3. The summed E-state index contributed by atoms with van der Waals surface area (Å²) in [4.78, 5) is 11.0. The second-order valence-electron chi connectivity index (χ2n) is 5.34. The van der Waals surface area contributed by atoms with Crippen LogP contribution in [-0.2, 0) is 9.53 Å². The average Bonchev–Trinajstić information content (AvgIpc) is 3.14. The van der Waals surface area contributed by atoms with Crippen molar-refractivity contribution in [2.45, 2.75) is 50.7 Å². The maximum Gasteiger partial charge on any atom is 0.305 e. The fourth-order valence-corrected chi connectivity index (χ4v) is 2.71. The number of rotatable bonds is 5. The highest BCUT2D eigenvalue weighted by atomic mass is 16.5. The molecular weight excluding hydrogens is 248 g/mol. The van der Waals surface area contributed by atoms with Crippen molar-refractivity contribution in [2.75, 3.05) is 6.61 Å². The van der Waals surface area contributed by atoms with Gasteiger partial charge in [0.15, 0.2) is 5.82 Å². The molecule has 1 aromatic heterocycles. The second-order valence-corrected chi connectivity index (χ2v) is 5.34. The molecule has 3 rings (SSSR count). The summed E-state index contributed by atoms with van der Waals surface area (Å²) < 4.78 is 7.40. The number of aliphatic carboxylic acids is 1. The summed E-state index contributed by atoms with van der Waals surface area (Å²) >= 11 is 0. The van der Waals surface area contributed by atoms with Gasteiger partial charge in [-0.25, -0.2) is 4.68 Å². The Hall–Kier alpha value is -1.50. The van der Waals surface area contributed by atoms with Crippen LogP contribution in [0.2, 0.25) is 0 Å². The van der Waals surface area contributed by atoms with E-state index in [0.29, 0.717) is 11.7 Å². The first-order valence-corrected chi connectivity index (χ1v) is 6.87. The molecule has 1 aromatic rings. The lowest BCUT2D eigenvalue weighted by Crippen LogP contribution is -2.23. The van der Waals surface area contributed by atoms with Crippen molar-refractivity contribution in [1.82, 2.24) is 20.2 Å². The smallest absolute Gasteiger partial charge is 0.305 e. The summed E-state index contributed by atoms with van der Waals surface area (Å²) in [5, 5.41) is 20.9. The number of hydrogen-bond acceptors (Lipinski definition) is 5. The monoisotopic (exact) mass is 266 g/mol. The minimum absolute atomic E-state index is 0.0788. The van der Waals surface area contributed by atoms with E-state index in [4.69, 9.17) is 9.84 Å². The molecule has 0 aromatic carbocycles. The van der Waals surface area contributed by atoms with Gasteiger partial charge in [-0.1, -0.05) is 0 Å². The lowest BCUT2D eigenvalue weighted by Gasteiger charge is -2.24. The third-order valence-electron chi connectivity index (χ3n) is 3.85. The molecule has 1 aliphatic heterocycles. The zero-order valence-electron chi connectivity index (χ0n) is 10.7. The third kappa shape index (κ3) is 2.75. The standard InChI is InChI=1S/C12H18N4O3/c17-11(18)7-9(8-4-5-8)16-12(13-14-15-16)10-3-1-2-6-19-10/h8-10H,1-7H2,(H,17,18). The molecule has 2 unspecified atom stereocenters. The largest absolute Gasteiger partial charge is 0.481 e. The summed E-state index contributed by atoms with van der Waals surface area (Å²) in [6, 6.07) is -0.131. The molecule has 7 heteroatoms. The molecule has 2 fully saturated rings. The lowest BCUT2D eigenvalue weighted by molar-refractivity contribution is -0.138. The van der Waals surface area contributed by atoms with Gasteiger partial charge in [0.2, 0.25) is 0 Å². The quantitative estimate of drug-likeness (QED) is 0.865. The van der Waals surface area contributed by atoms with E-state index in [2.05, 4.69) is 15.5 Å².